The lowest BCUT2D eigenvalue weighted by molar-refractivity contribution is -0.401. The first-order chi connectivity index (χ1) is 16.9. The van der Waals surface area contributed by atoms with Crippen molar-refractivity contribution in [1.29, 1.82) is 0 Å². The summed E-state index contributed by atoms with van der Waals surface area (Å²) in [6.07, 6.45) is 2.29. The molecule has 1 saturated heterocycles. The van der Waals surface area contributed by atoms with Gasteiger partial charge in [0, 0.05) is 23.9 Å². The van der Waals surface area contributed by atoms with Gasteiger partial charge in [0.05, 0.1) is 31.9 Å². The lowest BCUT2D eigenvalue weighted by Crippen LogP contribution is -2.31. The topological polar surface area (TPSA) is 152 Å². The molecule has 5 rings (SSSR count). The van der Waals surface area contributed by atoms with Crippen molar-refractivity contribution in [1.82, 2.24) is 10.1 Å². The van der Waals surface area contributed by atoms with Gasteiger partial charge < -0.3 is 4.90 Å². The smallest absolute Gasteiger partial charge is 0.334 e. The highest BCUT2D eigenvalue weighted by molar-refractivity contribution is 6.08. The second-order valence-corrected chi connectivity index (χ2v) is 8.23. The molecule has 12 heteroatoms. The summed E-state index contributed by atoms with van der Waals surface area (Å²) in [6, 6.07) is 15.2. The van der Waals surface area contributed by atoms with Crippen molar-refractivity contribution in [2.45, 2.75) is 19.3 Å². The monoisotopic (exact) mass is 475 g/mol. The number of para-hydroxylation sites is 2. The third kappa shape index (κ3) is 3.64. The molecule has 1 aliphatic rings. The predicted octanol–water partition coefficient (Wildman–Crippen LogP) is 5.21. The van der Waals surface area contributed by atoms with E-state index >= 15 is 0 Å². The van der Waals surface area contributed by atoms with Crippen LogP contribution in [0.25, 0.3) is 21.8 Å². The van der Waals surface area contributed by atoms with Gasteiger partial charge in [0.25, 0.3) is 0 Å². The van der Waals surface area contributed by atoms with Gasteiger partial charge in [-0.1, -0.05) is 36.4 Å². The van der Waals surface area contributed by atoms with Crippen LogP contribution in [0.15, 0.2) is 54.6 Å². The van der Waals surface area contributed by atoms with Crippen LogP contribution in [0.3, 0.4) is 0 Å². The number of rotatable bonds is 6. The number of aromatic nitrogens is 1. The molecule has 12 nitrogen and oxygen atoms in total. The van der Waals surface area contributed by atoms with Gasteiger partial charge in [-0.3, -0.25) is 30.3 Å². The minimum absolute atomic E-state index is 0.246. The maximum Gasteiger partial charge on any atom is 0.334 e. The second kappa shape index (κ2) is 8.56. The van der Waals surface area contributed by atoms with Gasteiger partial charge in [-0.2, -0.15) is 5.43 Å². The highest BCUT2D eigenvalue weighted by Gasteiger charge is 2.41. The van der Waals surface area contributed by atoms with Crippen molar-refractivity contribution < 1.29 is 14.8 Å². The molecule has 0 saturated carbocycles. The SMILES string of the molecule is O=[N+]([O-])c1cc([N+](=O)[O-])c(N2CCCCC2)c([N+](=O)[O-])c1[N]n1c2ccccc2c2ccccc21. The zero-order valence-corrected chi connectivity index (χ0v) is 18.4. The zero-order chi connectivity index (χ0) is 24.7. The summed E-state index contributed by atoms with van der Waals surface area (Å²) in [6.45, 7) is 0.739. The third-order valence-corrected chi connectivity index (χ3v) is 6.21. The summed E-state index contributed by atoms with van der Waals surface area (Å²) in [5.41, 5.74) is 2.63. The Morgan fingerprint density at radius 2 is 1.26 bits per heavy atom. The van der Waals surface area contributed by atoms with E-state index in [2.05, 4.69) is 5.43 Å². The van der Waals surface area contributed by atoms with E-state index in [0.29, 0.717) is 37.0 Å². The van der Waals surface area contributed by atoms with Crippen molar-refractivity contribution in [3.63, 3.8) is 0 Å². The average Bonchev–Trinajstić information content (AvgIpc) is 3.17. The fourth-order valence-corrected chi connectivity index (χ4v) is 4.71. The van der Waals surface area contributed by atoms with Gasteiger partial charge in [0.15, 0.2) is 5.69 Å². The third-order valence-electron chi connectivity index (χ3n) is 6.21. The van der Waals surface area contributed by atoms with Gasteiger partial charge in [-0.05, 0) is 31.4 Å². The van der Waals surface area contributed by atoms with Gasteiger partial charge in [0.1, 0.15) is 0 Å². The van der Waals surface area contributed by atoms with Crippen molar-refractivity contribution in [2.24, 2.45) is 0 Å². The number of hydrogen-bond donors (Lipinski definition) is 0. The molecule has 0 amide bonds. The summed E-state index contributed by atoms with van der Waals surface area (Å²) >= 11 is 0. The Morgan fingerprint density at radius 3 is 1.77 bits per heavy atom. The van der Waals surface area contributed by atoms with E-state index in [4.69, 9.17) is 0 Å². The normalized spacial score (nSPS) is 13.8. The number of nitrogens with zero attached hydrogens (tertiary/aromatic N) is 6. The molecule has 0 bridgehead atoms. The van der Waals surface area contributed by atoms with Gasteiger partial charge in [-0.25, -0.2) is 4.68 Å². The quantitative estimate of drug-likeness (QED) is 0.274. The Hall–Kier alpha value is -4.74. The van der Waals surface area contributed by atoms with E-state index < -0.39 is 37.5 Å². The maximum atomic E-state index is 12.4. The van der Waals surface area contributed by atoms with E-state index in [9.17, 15) is 30.3 Å². The summed E-state index contributed by atoms with van der Waals surface area (Å²) in [5, 5.41) is 37.9. The molecule has 4 aromatic rings. The van der Waals surface area contributed by atoms with Crippen LogP contribution in [0.2, 0.25) is 0 Å². The Morgan fingerprint density at radius 1 is 0.714 bits per heavy atom. The van der Waals surface area contributed by atoms with Crippen molar-refractivity contribution in [3.05, 3.63) is 84.9 Å². The molecule has 35 heavy (non-hydrogen) atoms. The first-order valence-electron chi connectivity index (χ1n) is 11.0. The van der Waals surface area contributed by atoms with Gasteiger partial charge >= 0.3 is 17.1 Å². The molecule has 0 N–H and O–H groups in total. The summed E-state index contributed by atoms with van der Waals surface area (Å²) in [7, 11) is 0. The number of piperidine rings is 1. The molecule has 1 fully saturated rings. The number of nitro benzene ring substituents is 3. The van der Waals surface area contributed by atoms with E-state index in [-0.39, 0.29) is 5.69 Å². The Labute approximate surface area is 197 Å². The van der Waals surface area contributed by atoms with Crippen LogP contribution >= 0.6 is 0 Å². The molecule has 1 aliphatic heterocycles. The van der Waals surface area contributed by atoms with Crippen LogP contribution in [0, 0.1) is 30.3 Å². The molecule has 2 heterocycles. The van der Waals surface area contributed by atoms with Crippen molar-refractivity contribution in [2.75, 3.05) is 18.0 Å². The highest BCUT2D eigenvalue weighted by Crippen LogP contribution is 2.49. The van der Waals surface area contributed by atoms with Crippen LogP contribution in [-0.4, -0.2) is 32.5 Å². The first-order valence-corrected chi connectivity index (χ1v) is 11.0. The van der Waals surface area contributed by atoms with Crippen LogP contribution in [0.1, 0.15) is 19.3 Å². The van der Waals surface area contributed by atoms with E-state index in [0.717, 1.165) is 23.3 Å². The van der Waals surface area contributed by atoms with Gasteiger partial charge in [-0.15, -0.1) is 0 Å². The fourth-order valence-electron chi connectivity index (χ4n) is 4.71. The van der Waals surface area contributed by atoms with Gasteiger partial charge in [0.2, 0.25) is 5.69 Å². The minimum atomic E-state index is -0.868. The summed E-state index contributed by atoms with van der Waals surface area (Å²) < 4.78 is 1.42. The van der Waals surface area contributed by atoms with Crippen molar-refractivity contribution >= 4 is 50.2 Å². The van der Waals surface area contributed by atoms with Crippen LogP contribution in [0.4, 0.5) is 28.4 Å². The molecule has 1 radical (unpaired) electrons. The molecular weight excluding hydrogens is 456 g/mol. The molecule has 177 valence electrons. The number of anilines is 1. The maximum absolute atomic E-state index is 12.4. The lowest BCUT2D eigenvalue weighted by Gasteiger charge is -2.28. The lowest BCUT2D eigenvalue weighted by atomic mass is 10.1. The van der Waals surface area contributed by atoms with E-state index in [1.165, 1.54) is 4.68 Å². The number of nitro groups is 3. The minimum Gasteiger partial charge on any atom is -0.360 e. The Balaban J connectivity index is 1.83. The van der Waals surface area contributed by atoms with E-state index in [1.807, 2.05) is 24.3 Å². The highest BCUT2D eigenvalue weighted by atomic mass is 16.6. The largest absolute Gasteiger partial charge is 0.360 e. The van der Waals surface area contributed by atoms with Crippen LogP contribution < -0.4 is 10.3 Å². The molecule has 0 aliphatic carbocycles. The number of benzene rings is 3. The van der Waals surface area contributed by atoms with Crippen LogP contribution in [0.5, 0.6) is 0 Å². The average molecular weight is 475 g/mol. The molecule has 3 aromatic carbocycles. The van der Waals surface area contributed by atoms with Crippen LogP contribution in [-0.2, 0) is 0 Å². The second-order valence-electron chi connectivity index (χ2n) is 8.23. The summed E-state index contributed by atoms with van der Waals surface area (Å²) in [5.74, 6) is 0. The fraction of sp³-hybridized carbons (Fsp3) is 0.217. The Bertz CT molecular complexity index is 1450. The number of hydrogen-bond acceptors (Lipinski definition) is 7. The summed E-state index contributed by atoms with van der Waals surface area (Å²) in [4.78, 5) is 35.3. The Kier molecular flexibility index (Phi) is 5.40. The van der Waals surface area contributed by atoms with E-state index in [1.54, 1.807) is 29.2 Å². The number of fused-ring (bicyclic) bond motifs is 3. The standard InChI is InChI=1S/C23H19N6O6/c30-27(31)19-14-20(28(32)33)22(25-12-6-1-7-13-25)23(29(34)35)21(19)24-26-17-10-4-2-8-15(17)16-9-3-5-11-18(16)26/h2-5,8-11,14H,1,6-7,12-13H2. The molecule has 0 unspecified atom stereocenters. The molecule has 1 aromatic heterocycles. The van der Waals surface area contributed by atoms with Crippen molar-refractivity contribution in [3.8, 4) is 0 Å². The molecule has 0 atom stereocenters. The molecular formula is C23H19N6O6. The predicted molar refractivity (Wildman–Crippen MR) is 129 cm³/mol. The molecule has 0 spiro atoms. The first kappa shape index (κ1) is 22.1. The zero-order valence-electron chi connectivity index (χ0n) is 18.4.